The van der Waals surface area contributed by atoms with Crippen molar-refractivity contribution in [1.29, 1.82) is 0 Å². The van der Waals surface area contributed by atoms with Gasteiger partial charge in [-0.25, -0.2) is 0 Å². The molecule has 0 N–H and O–H groups in total. The van der Waals surface area contributed by atoms with E-state index in [2.05, 4.69) is 13.0 Å². The molecule has 1 aliphatic carbocycles. The van der Waals surface area contributed by atoms with Crippen molar-refractivity contribution in [3.63, 3.8) is 0 Å². The Morgan fingerprint density at radius 3 is 2.82 bits per heavy atom. The van der Waals surface area contributed by atoms with Crippen LogP contribution in [0.2, 0.25) is 0 Å². The van der Waals surface area contributed by atoms with Crippen molar-refractivity contribution in [2.75, 3.05) is 0 Å². The molecule has 0 fully saturated rings. The van der Waals surface area contributed by atoms with Crippen molar-refractivity contribution in [1.82, 2.24) is 0 Å². The minimum Gasteiger partial charge on any atom is -0.458 e. The van der Waals surface area contributed by atoms with Gasteiger partial charge in [0.05, 0.1) is 0 Å². The number of allylic oxidation sites excluding steroid dienone is 1. The van der Waals surface area contributed by atoms with Gasteiger partial charge in [0.15, 0.2) is 0 Å². The molecule has 0 aromatic carbocycles. The summed E-state index contributed by atoms with van der Waals surface area (Å²) in [4.78, 5) is 10.5. The molecule has 0 radical (unpaired) electrons. The summed E-state index contributed by atoms with van der Waals surface area (Å²) in [5.74, 6) is 0.427. The van der Waals surface area contributed by atoms with Crippen LogP contribution >= 0.6 is 0 Å². The SMILES string of the molecule is CCC1C=CC(OC(C)=O)C1. The van der Waals surface area contributed by atoms with Crippen molar-refractivity contribution in [3.05, 3.63) is 12.2 Å². The van der Waals surface area contributed by atoms with Gasteiger partial charge in [-0.3, -0.25) is 4.79 Å². The molecule has 11 heavy (non-hydrogen) atoms. The zero-order valence-electron chi connectivity index (χ0n) is 7.04. The van der Waals surface area contributed by atoms with Crippen LogP contribution in [0.15, 0.2) is 12.2 Å². The van der Waals surface area contributed by atoms with E-state index in [-0.39, 0.29) is 12.1 Å². The third kappa shape index (κ3) is 2.37. The molecule has 0 aromatic rings. The second-order valence-electron chi connectivity index (χ2n) is 2.94. The molecule has 2 atom stereocenters. The summed E-state index contributed by atoms with van der Waals surface area (Å²) in [6, 6.07) is 0. The summed E-state index contributed by atoms with van der Waals surface area (Å²) in [5.41, 5.74) is 0. The van der Waals surface area contributed by atoms with Crippen molar-refractivity contribution in [3.8, 4) is 0 Å². The first-order valence-electron chi connectivity index (χ1n) is 4.08. The fraction of sp³-hybridized carbons (Fsp3) is 0.667. The van der Waals surface area contributed by atoms with Gasteiger partial charge >= 0.3 is 5.97 Å². The van der Waals surface area contributed by atoms with Crippen LogP contribution in [0.3, 0.4) is 0 Å². The lowest BCUT2D eigenvalue weighted by molar-refractivity contribution is -0.144. The molecule has 0 amide bonds. The molecule has 2 heteroatoms. The summed E-state index contributed by atoms with van der Waals surface area (Å²) in [6.45, 7) is 3.60. The molecule has 0 saturated carbocycles. The molecule has 0 bridgehead atoms. The third-order valence-corrected chi connectivity index (χ3v) is 1.97. The Bertz CT molecular complexity index is 172. The van der Waals surface area contributed by atoms with Gasteiger partial charge in [-0.1, -0.05) is 13.0 Å². The first-order valence-corrected chi connectivity index (χ1v) is 4.08. The quantitative estimate of drug-likeness (QED) is 0.448. The lowest BCUT2D eigenvalue weighted by Crippen LogP contribution is -2.12. The maximum Gasteiger partial charge on any atom is 0.303 e. The van der Waals surface area contributed by atoms with Crippen LogP contribution in [0.1, 0.15) is 26.7 Å². The monoisotopic (exact) mass is 154 g/mol. The Balaban J connectivity index is 2.32. The predicted octanol–water partition coefficient (Wildman–Crippen LogP) is 1.90. The lowest BCUT2D eigenvalue weighted by Gasteiger charge is -2.09. The second kappa shape index (κ2) is 3.56. The molecule has 2 unspecified atom stereocenters. The van der Waals surface area contributed by atoms with Gasteiger partial charge < -0.3 is 4.74 Å². The zero-order chi connectivity index (χ0) is 8.27. The van der Waals surface area contributed by atoms with E-state index in [1.807, 2.05) is 6.08 Å². The average Bonchev–Trinajstić information content (AvgIpc) is 2.34. The Kier molecular flexibility index (Phi) is 2.69. The van der Waals surface area contributed by atoms with E-state index >= 15 is 0 Å². The Morgan fingerprint density at radius 2 is 2.36 bits per heavy atom. The number of hydrogen-bond donors (Lipinski definition) is 0. The van der Waals surface area contributed by atoms with E-state index < -0.39 is 0 Å². The maximum absolute atomic E-state index is 10.5. The van der Waals surface area contributed by atoms with Gasteiger partial charge in [0.25, 0.3) is 0 Å². The van der Waals surface area contributed by atoms with Gasteiger partial charge in [0.1, 0.15) is 6.10 Å². The fourth-order valence-corrected chi connectivity index (χ4v) is 1.34. The standard InChI is InChI=1S/C9H14O2/c1-3-8-4-5-9(6-8)11-7(2)10/h4-5,8-9H,3,6H2,1-2H3. The summed E-state index contributed by atoms with van der Waals surface area (Å²) in [7, 11) is 0. The first-order chi connectivity index (χ1) is 5.22. The highest BCUT2D eigenvalue weighted by Gasteiger charge is 2.18. The lowest BCUT2D eigenvalue weighted by atomic mass is 10.1. The van der Waals surface area contributed by atoms with Gasteiger partial charge in [-0.15, -0.1) is 0 Å². The van der Waals surface area contributed by atoms with Crippen LogP contribution in [-0.4, -0.2) is 12.1 Å². The molecule has 0 aromatic heterocycles. The number of carbonyl (C=O) groups excluding carboxylic acids is 1. The molecular weight excluding hydrogens is 140 g/mol. The van der Waals surface area contributed by atoms with E-state index in [4.69, 9.17) is 4.74 Å². The van der Waals surface area contributed by atoms with Crippen LogP contribution in [-0.2, 0) is 9.53 Å². The smallest absolute Gasteiger partial charge is 0.303 e. The van der Waals surface area contributed by atoms with E-state index in [1.165, 1.54) is 6.92 Å². The molecular formula is C9H14O2. The van der Waals surface area contributed by atoms with E-state index in [0.717, 1.165) is 12.8 Å². The Morgan fingerprint density at radius 1 is 1.64 bits per heavy atom. The van der Waals surface area contributed by atoms with E-state index in [9.17, 15) is 4.79 Å². The topological polar surface area (TPSA) is 26.3 Å². The average molecular weight is 154 g/mol. The fourth-order valence-electron chi connectivity index (χ4n) is 1.34. The minimum atomic E-state index is -0.184. The summed E-state index contributed by atoms with van der Waals surface area (Å²) < 4.78 is 5.02. The highest BCUT2D eigenvalue weighted by molar-refractivity contribution is 5.66. The van der Waals surface area contributed by atoms with Crippen LogP contribution in [0.25, 0.3) is 0 Å². The maximum atomic E-state index is 10.5. The van der Waals surface area contributed by atoms with Crippen molar-refractivity contribution >= 4 is 5.97 Å². The zero-order valence-corrected chi connectivity index (χ0v) is 7.04. The minimum absolute atomic E-state index is 0.0393. The predicted molar refractivity (Wildman–Crippen MR) is 43.1 cm³/mol. The number of ether oxygens (including phenoxy) is 1. The largest absolute Gasteiger partial charge is 0.458 e. The molecule has 1 aliphatic rings. The number of esters is 1. The number of hydrogen-bond acceptors (Lipinski definition) is 2. The molecule has 1 rings (SSSR count). The van der Waals surface area contributed by atoms with Crippen LogP contribution in [0, 0.1) is 5.92 Å². The molecule has 0 spiro atoms. The van der Waals surface area contributed by atoms with Crippen LogP contribution < -0.4 is 0 Å². The number of rotatable bonds is 2. The number of carbonyl (C=O) groups is 1. The Labute approximate surface area is 67.2 Å². The molecule has 0 heterocycles. The van der Waals surface area contributed by atoms with Crippen molar-refractivity contribution in [2.45, 2.75) is 32.8 Å². The first kappa shape index (κ1) is 8.31. The molecule has 2 nitrogen and oxygen atoms in total. The Hall–Kier alpha value is -0.790. The normalized spacial score (nSPS) is 28.9. The summed E-state index contributed by atoms with van der Waals surface area (Å²) in [5, 5.41) is 0. The van der Waals surface area contributed by atoms with E-state index in [1.54, 1.807) is 0 Å². The van der Waals surface area contributed by atoms with Gasteiger partial charge in [-0.2, -0.15) is 0 Å². The summed E-state index contributed by atoms with van der Waals surface area (Å²) in [6.07, 6.45) is 6.26. The van der Waals surface area contributed by atoms with Gasteiger partial charge in [0, 0.05) is 6.92 Å². The highest BCUT2D eigenvalue weighted by atomic mass is 16.5. The van der Waals surface area contributed by atoms with E-state index in [0.29, 0.717) is 5.92 Å². The summed E-state index contributed by atoms with van der Waals surface area (Å²) >= 11 is 0. The van der Waals surface area contributed by atoms with Crippen LogP contribution in [0.5, 0.6) is 0 Å². The van der Waals surface area contributed by atoms with Crippen LogP contribution in [0.4, 0.5) is 0 Å². The third-order valence-electron chi connectivity index (χ3n) is 1.97. The van der Waals surface area contributed by atoms with Crippen molar-refractivity contribution < 1.29 is 9.53 Å². The van der Waals surface area contributed by atoms with Crippen molar-refractivity contribution in [2.24, 2.45) is 5.92 Å². The molecule has 62 valence electrons. The highest BCUT2D eigenvalue weighted by Crippen LogP contribution is 2.22. The second-order valence-corrected chi connectivity index (χ2v) is 2.94. The molecule has 0 saturated heterocycles. The van der Waals surface area contributed by atoms with Gasteiger partial charge in [0.2, 0.25) is 0 Å². The molecule has 0 aliphatic heterocycles. The van der Waals surface area contributed by atoms with Gasteiger partial charge in [-0.05, 0) is 24.8 Å².